The Labute approximate surface area is 100 Å². The van der Waals surface area contributed by atoms with E-state index in [4.69, 9.17) is 6.42 Å². The number of anilines is 1. The molecule has 1 atom stereocenters. The van der Waals surface area contributed by atoms with Crippen LogP contribution < -0.4 is 10.2 Å². The molecule has 2 saturated heterocycles. The van der Waals surface area contributed by atoms with Gasteiger partial charge in [-0.15, -0.1) is 6.42 Å². The predicted octanol–water partition coefficient (Wildman–Crippen LogP) is 1.12. The maximum atomic E-state index is 13.2. The molecule has 2 radical (unpaired) electrons. The van der Waals surface area contributed by atoms with E-state index in [0.29, 0.717) is 6.04 Å². The Hall–Kier alpha value is -1.60. The number of nitrogens with zero attached hydrogens (tertiary/aromatic N) is 2. The molecule has 3 nitrogen and oxygen atoms in total. The van der Waals surface area contributed by atoms with Crippen LogP contribution in [0, 0.1) is 30.8 Å². The van der Waals surface area contributed by atoms with E-state index in [-0.39, 0.29) is 5.56 Å². The Bertz CT molecular complexity index is 480. The summed E-state index contributed by atoms with van der Waals surface area (Å²) in [7, 11) is 0. The number of aromatic nitrogens is 1. The van der Waals surface area contributed by atoms with E-state index in [0.717, 1.165) is 25.2 Å². The van der Waals surface area contributed by atoms with Gasteiger partial charge in [0.05, 0.1) is 23.5 Å². The van der Waals surface area contributed by atoms with Gasteiger partial charge in [0.15, 0.2) is 0 Å². The fraction of sp³-hybridized carbons (Fsp3) is 0.308. The third-order valence-electron chi connectivity index (χ3n) is 3.24. The second-order valence-electron chi connectivity index (χ2n) is 4.28. The topological polar surface area (TPSA) is 28.2 Å². The van der Waals surface area contributed by atoms with Crippen LogP contribution in [-0.4, -0.2) is 24.1 Å². The van der Waals surface area contributed by atoms with Gasteiger partial charge in [0.2, 0.25) is 5.95 Å². The predicted molar refractivity (Wildman–Crippen MR) is 63.4 cm³/mol. The van der Waals surface area contributed by atoms with Crippen molar-refractivity contribution in [2.45, 2.75) is 12.5 Å². The first-order chi connectivity index (χ1) is 8.28. The molecule has 0 aromatic carbocycles. The van der Waals surface area contributed by atoms with Gasteiger partial charge in [0, 0.05) is 19.0 Å². The van der Waals surface area contributed by atoms with Crippen molar-refractivity contribution in [1.29, 1.82) is 0 Å². The number of piperidine rings is 1. The summed E-state index contributed by atoms with van der Waals surface area (Å²) in [5.41, 5.74) is 1.11. The second kappa shape index (κ2) is 4.01. The summed E-state index contributed by atoms with van der Waals surface area (Å²) in [6.45, 7) is 1.81. The van der Waals surface area contributed by atoms with E-state index in [1.165, 1.54) is 6.04 Å². The van der Waals surface area contributed by atoms with E-state index in [2.05, 4.69) is 27.5 Å². The summed E-state index contributed by atoms with van der Waals surface area (Å²) >= 11 is 0. The second-order valence-corrected chi connectivity index (χ2v) is 4.28. The molecule has 86 valence electrons. The maximum Gasteiger partial charge on any atom is 0.228 e. The minimum atomic E-state index is -0.576. The van der Waals surface area contributed by atoms with Gasteiger partial charge < -0.3 is 10.2 Å². The highest BCUT2D eigenvalue weighted by Crippen LogP contribution is 2.32. The Morgan fingerprint density at radius 1 is 1.59 bits per heavy atom. The third kappa shape index (κ3) is 1.77. The van der Waals surface area contributed by atoms with Gasteiger partial charge in [-0.05, 0) is 19.0 Å². The number of halogens is 1. The molecule has 0 spiro atoms. The number of terminal acetylenes is 1. The van der Waals surface area contributed by atoms with E-state index in [1.807, 2.05) is 0 Å². The van der Waals surface area contributed by atoms with Crippen LogP contribution in [-0.2, 0) is 0 Å². The van der Waals surface area contributed by atoms with Gasteiger partial charge >= 0.3 is 0 Å². The standard InChI is InChI=1S/C13H12FN3/c1-2-9-5-12(7-16-13(9)14)17-8-10-6-11(17)3-4-15-10/h1,5-7,11,15H,3-4,8H2/t11-/m0/s1. The highest BCUT2D eigenvalue weighted by atomic mass is 19.1. The lowest BCUT2D eigenvalue weighted by molar-refractivity contribution is 0.577. The molecule has 2 bridgehead atoms. The minimum absolute atomic E-state index is 0.224. The van der Waals surface area contributed by atoms with Crippen LogP contribution in [0.1, 0.15) is 12.0 Å². The summed E-state index contributed by atoms with van der Waals surface area (Å²) in [5, 5.41) is 3.33. The molecule has 1 aromatic heterocycles. The number of pyridine rings is 1. The third-order valence-corrected chi connectivity index (χ3v) is 3.24. The lowest BCUT2D eigenvalue weighted by Crippen LogP contribution is -2.32. The number of fused-ring (bicyclic) bond motifs is 2. The minimum Gasteiger partial charge on any atom is -0.365 e. The lowest BCUT2D eigenvalue weighted by atomic mass is 10.1. The molecule has 1 N–H and O–H groups in total. The molecular formula is C13H12FN3. The van der Waals surface area contributed by atoms with Crippen molar-refractivity contribution in [1.82, 2.24) is 10.3 Å². The van der Waals surface area contributed by atoms with Crippen molar-refractivity contribution in [3.63, 3.8) is 0 Å². The van der Waals surface area contributed by atoms with Gasteiger partial charge in [0.25, 0.3) is 0 Å². The van der Waals surface area contributed by atoms with Crippen molar-refractivity contribution < 1.29 is 4.39 Å². The smallest absolute Gasteiger partial charge is 0.228 e. The molecule has 2 fully saturated rings. The van der Waals surface area contributed by atoms with Crippen molar-refractivity contribution in [3.8, 4) is 12.3 Å². The van der Waals surface area contributed by atoms with E-state index >= 15 is 0 Å². The monoisotopic (exact) mass is 229 g/mol. The molecule has 3 rings (SSSR count). The molecule has 2 aliphatic heterocycles. The van der Waals surface area contributed by atoms with Gasteiger partial charge in [-0.25, -0.2) is 4.98 Å². The Morgan fingerprint density at radius 3 is 3.24 bits per heavy atom. The van der Waals surface area contributed by atoms with Crippen LogP contribution in [0.2, 0.25) is 0 Å². The van der Waals surface area contributed by atoms with Crippen molar-refractivity contribution in [2.24, 2.45) is 0 Å². The molecule has 1 aromatic rings. The number of hydrogen-bond donors (Lipinski definition) is 1. The van der Waals surface area contributed by atoms with Crippen LogP contribution in [0.3, 0.4) is 0 Å². The molecule has 4 heteroatoms. The van der Waals surface area contributed by atoms with Gasteiger partial charge in [-0.1, -0.05) is 5.92 Å². The molecular weight excluding hydrogens is 217 g/mol. The summed E-state index contributed by atoms with van der Waals surface area (Å²) in [5.74, 6) is 1.75. The molecule has 0 amide bonds. The largest absolute Gasteiger partial charge is 0.365 e. The first-order valence-corrected chi connectivity index (χ1v) is 5.61. The Balaban J connectivity index is 1.92. The Kier molecular flexibility index (Phi) is 2.49. The van der Waals surface area contributed by atoms with Crippen LogP contribution in [0.15, 0.2) is 12.3 Å². The maximum absolute atomic E-state index is 13.2. The van der Waals surface area contributed by atoms with Crippen LogP contribution >= 0.6 is 0 Å². The average Bonchev–Trinajstić information content (AvgIpc) is 2.65. The Morgan fingerprint density at radius 2 is 2.47 bits per heavy atom. The van der Waals surface area contributed by atoms with E-state index < -0.39 is 5.95 Å². The summed E-state index contributed by atoms with van der Waals surface area (Å²) in [6.07, 6.45) is 10.1. The molecule has 0 aliphatic carbocycles. The SMILES string of the molecule is C#Cc1cc(N2C[C]3[CH][C@@H]2CCN3)cnc1F. The number of hydrogen-bond acceptors (Lipinski definition) is 3. The van der Waals surface area contributed by atoms with Crippen LogP contribution in [0.5, 0.6) is 0 Å². The normalized spacial score (nSPS) is 23.8. The molecule has 2 aliphatic rings. The van der Waals surface area contributed by atoms with Gasteiger partial charge in [-0.2, -0.15) is 4.39 Å². The molecule has 0 unspecified atom stereocenters. The van der Waals surface area contributed by atoms with Crippen molar-refractivity contribution in [3.05, 3.63) is 36.2 Å². The van der Waals surface area contributed by atoms with Crippen LogP contribution in [0.25, 0.3) is 0 Å². The zero-order valence-corrected chi connectivity index (χ0v) is 9.28. The molecule has 17 heavy (non-hydrogen) atoms. The van der Waals surface area contributed by atoms with E-state index in [9.17, 15) is 4.39 Å². The van der Waals surface area contributed by atoms with Gasteiger partial charge in [-0.3, -0.25) is 0 Å². The fourth-order valence-electron chi connectivity index (χ4n) is 2.39. The number of nitrogens with one attached hydrogen (secondary N) is 1. The lowest BCUT2D eigenvalue weighted by Gasteiger charge is -2.25. The summed E-state index contributed by atoms with van der Waals surface area (Å²) in [6, 6.07) is 3.30. The summed E-state index contributed by atoms with van der Waals surface area (Å²) in [4.78, 5) is 5.91. The zero-order chi connectivity index (χ0) is 11.8. The quantitative estimate of drug-likeness (QED) is 0.578. The highest BCUT2D eigenvalue weighted by molar-refractivity contribution is 5.55. The average molecular weight is 229 g/mol. The molecule has 3 heterocycles. The van der Waals surface area contributed by atoms with Crippen molar-refractivity contribution >= 4 is 5.69 Å². The fourth-order valence-corrected chi connectivity index (χ4v) is 2.39. The number of rotatable bonds is 1. The molecule has 0 saturated carbocycles. The van der Waals surface area contributed by atoms with Crippen LogP contribution in [0.4, 0.5) is 10.1 Å². The zero-order valence-electron chi connectivity index (χ0n) is 9.28. The summed E-state index contributed by atoms with van der Waals surface area (Å²) < 4.78 is 13.2. The van der Waals surface area contributed by atoms with Crippen molar-refractivity contribution in [2.75, 3.05) is 18.0 Å². The first kappa shape index (κ1) is 10.5. The van der Waals surface area contributed by atoms with Gasteiger partial charge in [0.1, 0.15) is 0 Å². The first-order valence-electron chi connectivity index (χ1n) is 5.61. The van der Waals surface area contributed by atoms with E-state index in [1.54, 1.807) is 12.3 Å². The highest BCUT2D eigenvalue weighted by Gasteiger charge is 2.36.